The molecule has 0 bridgehead atoms. The minimum atomic E-state index is -0.215. The summed E-state index contributed by atoms with van der Waals surface area (Å²) in [7, 11) is 0. The van der Waals surface area contributed by atoms with Crippen molar-refractivity contribution in [2.75, 3.05) is 6.54 Å². The smallest absolute Gasteiger partial charge is 0.123 e. The Morgan fingerprint density at radius 1 is 1.33 bits per heavy atom. The van der Waals surface area contributed by atoms with Gasteiger partial charge in [0, 0.05) is 5.41 Å². The molecule has 1 N–H and O–H groups in total. The molecule has 2 aromatic rings. The van der Waals surface area contributed by atoms with E-state index in [1.165, 1.54) is 17.6 Å². The second-order valence-electron chi connectivity index (χ2n) is 6.23. The molecule has 1 heterocycles. The number of hydrogen-bond acceptors (Lipinski definition) is 4. The minimum Gasteiger partial charge on any atom is -0.306 e. The molecule has 21 heavy (non-hydrogen) atoms. The second-order valence-corrected chi connectivity index (χ2v) is 7.01. The zero-order chi connectivity index (χ0) is 15.6. The van der Waals surface area contributed by atoms with Gasteiger partial charge in [0.05, 0.1) is 16.6 Å². The lowest BCUT2D eigenvalue weighted by molar-refractivity contribution is 0.541. The van der Waals surface area contributed by atoms with E-state index in [2.05, 4.69) is 35.7 Å². The molecule has 0 amide bonds. The fourth-order valence-corrected chi connectivity index (χ4v) is 3.34. The van der Waals surface area contributed by atoms with Gasteiger partial charge in [0.25, 0.3) is 0 Å². The predicted molar refractivity (Wildman–Crippen MR) is 85.3 cm³/mol. The molecule has 5 heteroatoms. The van der Waals surface area contributed by atoms with E-state index in [4.69, 9.17) is 0 Å². The van der Waals surface area contributed by atoms with Crippen LogP contribution in [0.4, 0.5) is 4.39 Å². The fourth-order valence-electron chi connectivity index (χ4n) is 2.38. The SMILES string of the molecule is CCNC(c1cc(F)ccc1C)c1snnc1C(C)(C)C. The molecule has 1 aromatic carbocycles. The number of benzene rings is 1. The summed E-state index contributed by atoms with van der Waals surface area (Å²) in [5.41, 5.74) is 2.91. The number of aromatic nitrogens is 2. The molecule has 0 radical (unpaired) electrons. The molecule has 0 aliphatic heterocycles. The zero-order valence-corrected chi connectivity index (χ0v) is 14.0. The lowest BCUT2D eigenvalue weighted by Gasteiger charge is -2.24. The van der Waals surface area contributed by atoms with Gasteiger partial charge in [-0.05, 0) is 48.3 Å². The van der Waals surface area contributed by atoms with E-state index in [9.17, 15) is 4.39 Å². The number of nitrogens with one attached hydrogen (secondary N) is 1. The van der Waals surface area contributed by atoms with E-state index in [0.29, 0.717) is 0 Å². The Hall–Kier alpha value is -1.33. The van der Waals surface area contributed by atoms with Gasteiger partial charge in [0.15, 0.2) is 0 Å². The maximum absolute atomic E-state index is 13.7. The van der Waals surface area contributed by atoms with Gasteiger partial charge < -0.3 is 5.32 Å². The largest absolute Gasteiger partial charge is 0.306 e. The van der Waals surface area contributed by atoms with E-state index in [0.717, 1.165) is 28.2 Å². The highest BCUT2D eigenvalue weighted by molar-refractivity contribution is 7.05. The highest BCUT2D eigenvalue weighted by Gasteiger charge is 2.28. The maximum atomic E-state index is 13.7. The van der Waals surface area contributed by atoms with Crippen LogP contribution in [-0.4, -0.2) is 16.1 Å². The molecule has 114 valence electrons. The highest BCUT2D eigenvalue weighted by atomic mass is 32.1. The van der Waals surface area contributed by atoms with Crippen molar-refractivity contribution >= 4 is 11.5 Å². The van der Waals surface area contributed by atoms with E-state index >= 15 is 0 Å². The number of halogens is 1. The number of nitrogens with zero attached hydrogens (tertiary/aromatic N) is 2. The van der Waals surface area contributed by atoms with Crippen molar-refractivity contribution in [2.45, 2.75) is 46.1 Å². The van der Waals surface area contributed by atoms with Crippen molar-refractivity contribution in [1.29, 1.82) is 0 Å². The summed E-state index contributed by atoms with van der Waals surface area (Å²) in [6.45, 7) is 11.2. The molecule has 0 saturated carbocycles. The van der Waals surface area contributed by atoms with E-state index in [-0.39, 0.29) is 17.3 Å². The molecule has 3 nitrogen and oxygen atoms in total. The van der Waals surface area contributed by atoms with E-state index < -0.39 is 0 Å². The van der Waals surface area contributed by atoms with Crippen LogP contribution in [0, 0.1) is 12.7 Å². The van der Waals surface area contributed by atoms with Crippen molar-refractivity contribution in [3.63, 3.8) is 0 Å². The Morgan fingerprint density at radius 2 is 2.05 bits per heavy atom. The molecule has 2 rings (SSSR count). The summed E-state index contributed by atoms with van der Waals surface area (Å²) in [5, 5.41) is 7.75. The number of hydrogen-bond donors (Lipinski definition) is 1. The van der Waals surface area contributed by atoms with Gasteiger partial charge in [-0.25, -0.2) is 4.39 Å². The topological polar surface area (TPSA) is 37.8 Å². The van der Waals surface area contributed by atoms with Crippen LogP contribution in [0.5, 0.6) is 0 Å². The quantitative estimate of drug-likeness (QED) is 0.928. The lowest BCUT2D eigenvalue weighted by atomic mass is 9.88. The number of rotatable bonds is 4. The summed E-state index contributed by atoms with van der Waals surface area (Å²) < 4.78 is 17.8. The van der Waals surface area contributed by atoms with Crippen LogP contribution < -0.4 is 5.32 Å². The summed E-state index contributed by atoms with van der Waals surface area (Å²) >= 11 is 1.39. The Morgan fingerprint density at radius 3 is 2.67 bits per heavy atom. The van der Waals surface area contributed by atoms with Crippen LogP contribution in [0.2, 0.25) is 0 Å². The third-order valence-corrected chi connectivity index (χ3v) is 4.24. The predicted octanol–water partition coefficient (Wildman–Crippen LogP) is 3.98. The zero-order valence-electron chi connectivity index (χ0n) is 13.2. The van der Waals surface area contributed by atoms with Gasteiger partial charge in [-0.2, -0.15) is 0 Å². The van der Waals surface area contributed by atoms with Crippen LogP contribution >= 0.6 is 11.5 Å². The van der Waals surface area contributed by atoms with Crippen LogP contribution in [0.25, 0.3) is 0 Å². The van der Waals surface area contributed by atoms with Crippen LogP contribution in [-0.2, 0) is 5.41 Å². The molecule has 0 spiro atoms. The van der Waals surface area contributed by atoms with Crippen LogP contribution in [0.3, 0.4) is 0 Å². The van der Waals surface area contributed by atoms with Gasteiger partial charge in [-0.15, -0.1) is 5.10 Å². The monoisotopic (exact) mass is 307 g/mol. The second kappa shape index (κ2) is 6.20. The molecular formula is C16H22FN3S. The first-order chi connectivity index (χ1) is 9.84. The molecule has 0 fully saturated rings. The van der Waals surface area contributed by atoms with E-state index in [1.807, 2.05) is 19.9 Å². The first-order valence-corrected chi connectivity index (χ1v) is 7.94. The lowest BCUT2D eigenvalue weighted by Crippen LogP contribution is -2.25. The Bertz CT molecular complexity index is 616. The normalized spacial score (nSPS) is 13.4. The van der Waals surface area contributed by atoms with Gasteiger partial charge in [0.2, 0.25) is 0 Å². The average molecular weight is 307 g/mol. The molecule has 0 aliphatic rings. The van der Waals surface area contributed by atoms with Crippen LogP contribution in [0.15, 0.2) is 18.2 Å². The van der Waals surface area contributed by atoms with Crippen molar-refractivity contribution in [1.82, 2.24) is 14.9 Å². The molecular weight excluding hydrogens is 285 g/mol. The number of aryl methyl sites for hydroxylation is 1. The third kappa shape index (κ3) is 3.47. The molecule has 1 unspecified atom stereocenters. The van der Waals surface area contributed by atoms with E-state index in [1.54, 1.807) is 6.07 Å². The molecule has 1 aromatic heterocycles. The summed E-state index contributed by atoms with van der Waals surface area (Å²) in [6.07, 6.45) is 0. The molecule has 1 atom stereocenters. The Kier molecular flexibility index (Phi) is 4.74. The highest BCUT2D eigenvalue weighted by Crippen LogP contribution is 2.34. The van der Waals surface area contributed by atoms with Crippen molar-refractivity contribution in [2.24, 2.45) is 0 Å². The first-order valence-electron chi connectivity index (χ1n) is 7.16. The van der Waals surface area contributed by atoms with Gasteiger partial charge in [0.1, 0.15) is 5.82 Å². The molecule has 0 saturated heterocycles. The average Bonchev–Trinajstić information content (AvgIpc) is 2.88. The van der Waals surface area contributed by atoms with Gasteiger partial charge >= 0.3 is 0 Å². The Balaban J connectivity index is 2.54. The minimum absolute atomic E-state index is 0.0695. The fraction of sp³-hybridized carbons (Fsp3) is 0.500. The third-order valence-electron chi connectivity index (χ3n) is 3.45. The van der Waals surface area contributed by atoms with Gasteiger partial charge in [-0.1, -0.05) is 38.2 Å². The summed E-state index contributed by atoms with van der Waals surface area (Å²) in [4.78, 5) is 1.07. The maximum Gasteiger partial charge on any atom is 0.123 e. The van der Waals surface area contributed by atoms with Crippen molar-refractivity contribution in [3.8, 4) is 0 Å². The van der Waals surface area contributed by atoms with Crippen molar-refractivity contribution < 1.29 is 4.39 Å². The molecule has 0 aliphatic carbocycles. The summed E-state index contributed by atoms with van der Waals surface area (Å²) in [6, 6.07) is 4.85. The van der Waals surface area contributed by atoms with Crippen molar-refractivity contribution in [3.05, 3.63) is 45.7 Å². The van der Waals surface area contributed by atoms with Gasteiger partial charge in [-0.3, -0.25) is 0 Å². The standard InChI is InChI=1S/C16H22FN3S/c1-6-18-13(12-9-11(17)8-7-10(12)2)14-15(16(3,4)5)19-20-21-14/h7-9,13,18H,6H2,1-5H3. The Labute approximate surface area is 129 Å². The summed E-state index contributed by atoms with van der Waals surface area (Å²) in [5.74, 6) is -0.215. The van der Waals surface area contributed by atoms with Crippen LogP contribution in [0.1, 0.15) is 55.4 Å². The first kappa shape index (κ1) is 16.0.